The molecule has 1 aromatic carbocycles. The SMILES string of the molecule is COCc1cn([C@@H]2CC[C@H]3CCOc4ccccc4C(=O)N4CCN(C5CCN(C(C)=O)CC5)C[C@H]4C(=O)NC[C@H]2O3)nn1. The van der Waals surface area contributed by atoms with Crippen LogP contribution in [0.4, 0.5) is 0 Å². The van der Waals surface area contributed by atoms with Crippen molar-refractivity contribution >= 4 is 17.7 Å². The minimum Gasteiger partial charge on any atom is -0.493 e. The van der Waals surface area contributed by atoms with Crippen molar-refractivity contribution in [1.29, 1.82) is 0 Å². The summed E-state index contributed by atoms with van der Waals surface area (Å²) in [6.45, 7) is 5.59. The lowest BCUT2D eigenvalue weighted by Gasteiger charge is -2.46. The average molecular weight is 610 g/mol. The van der Waals surface area contributed by atoms with Gasteiger partial charge in [0.25, 0.3) is 5.91 Å². The zero-order chi connectivity index (χ0) is 30.6. The molecule has 6 rings (SSSR count). The summed E-state index contributed by atoms with van der Waals surface area (Å²) in [5, 5.41) is 11.7. The van der Waals surface area contributed by atoms with Crippen molar-refractivity contribution in [3.05, 3.63) is 41.7 Å². The third-order valence-corrected chi connectivity index (χ3v) is 9.46. The van der Waals surface area contributed by atoms with E-state index >= 15 is 0 Å². The first-order valence-corrected chi connectivity index (χ1v) is 15.8. The third kappa shape index (κ3) is 6.59. The molecule has 2 aromatic rings. The van der Waals surface area contributed by atoms with E-state index in [1.165, 1.54) is 0 Å². The van der Waals surface area contributed by atoms with E-state index in [2.05, 4.69) is 20.5 Å². The predicted octanol–water partition coefficient (Wildman–Crippen LogP) is 1.25. The molecule has 13 heteroatoms. The molecule has 238 valence electrons. The first-order chi connectivity index (χ1) is 21.4. The fourth-order valence-electron chi connectivity index (χ4n) is 7.03. The van der Waals surface area contributed by atoms with E-state index in [1.807, 2.05) is 34.0 Å². The number of hydrogen-bond donors (Lipinski definition) is 1. The van der Waals surface area contributed by atoms with Gasteiger partial charge in [0.15, 0.2) is 0 Å². The summed E-state index contributed by atoms with van der Waals surface area (Å²) in [5.74, 6) is 0.206. The van der Waals surface area contributed by atoms with Crippen LogP contribution in [0, 0.1) is 0 Å². The highest BCUT2D eigenvalue weighted by molar-refractivity contribution is 6.00. The molecule has 0 aliphatic carbocycles. The average Bonchev–Trinajstić information content (AvgIpc) is 3.51. The number of ether oxygens (including phenoxy) is 3. The van der Waals surface area contributed by atoms with E-state index in [0.717, 1.165) is 31.4 Å². The lowest BCUT2D eigenvalue weighted by Crippen LogP contribution is -2.63. The Morgan fingerprint density at radius 3 is 2.68 bits per heavy atom. The zero-order valence-corrected chi connectivity index (χ0v) is 25.6. The van der Waals surface area contributed by atoms with Crippen LogP contribution >= 0.6 is 0 Å². The second-order valence-electron chi connectivity index (χ2n) is 12.2. The number of methoxy groups -OCH3 is 1. The van der Waals surface area contributed by atoms with Gasteiger partial charge in [-0.05, 0) is 37.8 Å². The molecule has 0 saturated carbocycles. The van der Waals surface area contributed by atoms with E-state index in [-0.39, 0.29) is 48.6 Å². The van der Waals surface area contributed by atoms with Crippen LogP contribution in [0.5, 0.6) is 5.75 Å². The third-order valence-electron chi connectivity index (χ3n) is 9.46. The monoisotopic (exact) mass is 609 g/mol. The fourth-order valence-corrected chi connectivity index (χ4v) is 7.03. The number of carbonyl (C=O) groups excluding carboxylic acids is 3. The maximum atomic E-state index is 14.0. The van der Waals surface area contributed by atoms with E-state index in [4.69, 9.17) is 14.2 Å². The van der Waals surface area contributed by atoms with Gasteiger partial charge in [0.2, 0.25) is 11.8 Å². The molecule has 3 fully saturated rings. The van der Waals surface area contributed by atoms with Gasteiger partial charge in [-0.3, -0.25) is 19.3 Å². The Morgan fingerprint density at radius 1 is 1.07 bits per heavy atom. The molecule has 5 heterocycles. The number of amides is 3. The molecular weight excluding hydrogens is 566 g/mol. The maximum Gasteiger partial charge on any atom is 0.258 e. The van der Waals surface area contributed by atoms with Crippen LogP contribution < -0.4 is 10.1 Å². The number of benzene rings is 1. The molecule has 0 unspecified atom stereocenters. The fraction of sp³-hybridized carbons (Fsp3) is 0.645. The highest BCUT2D eigenvalue weighted by Crippen LogP contribution is 2.31. The number of para-hydroxylation sites is 1. The molecule has 1 aromatic heterocycles. The van der Waals surface area contributed by atoms with Gasteiger partial charge < -0.3 is 29.3 Å². The molecule has 44 heavy (non-hydrogen) atoms. The number of piperazine rings is 1. The first kappa shape index (κ1) is 30.5. The molecular formula is C31H43N7O6. The van der Waals surface area contributed by atoms with Crippen LogP contribution in [0.15, 0.2) is 30.5 Å². The number of aromatic nitrogens is 3. The number of rotatable bonds is 4. The summed E-state index contributed by atoms with van der Waals surface area (Å²) < 4.78 is 19.8. The van der Waals surface area contributed by atoms with Crippen molar-refractivity contribution in [2.24, 2.45) is 0 Å². The largest absolute Gasteiger partial charge is 0.493 e. The van der Waals surface area contributed by atoms with Crippen LogP contribution in [-0.4, -0.2) is 125 Å². The van der Waals surface area contributed by atoms with E-state index in [0.29, 0.717) is 63.7 Å². The van der Waals surface area contributed by atoms with Gasteiger partial charge in [-0.2, -0.15) is 0 Å². The summed E-state index contributed by atoms with van der Waals surface area (Å²) in [5.41, 5.74) is 1.20. The number of likely N-dealkylation sites (tertiary alicyclic amines) is 1. The molecule has 4 aliphatic heterocycles. The van der Waals surface area contributed by atoms with Crippen molar-refractivity contribution < 1.29 is 28.6 Å². The molecule has 1 N–H and O–H groups in total. The van der Waals surface area contributed by atoms with Gasteiger partial charge in [0.05, 0.1) is 43.2 Å². The number of hydrogen-bond acceptors (Lipinski definition) is 9. The van der Waals surface area contributed by atoms with Crippen LogP contribution in [0.1, 0.15) is 61.1 Å². The smallest absolute Gasteiger partial charge is 0.258 e. The quantitative estimate of drug-likeness (QED) is 0.544. The van der Waals surface area contributed by atoms with Gasteiger partial charge in [-0.15, -0.1) is 5.10 Å². The van der Waals surface area contributed by atoms with Gasteiger partial charge in [-0.1, -0.05) is 17.3 Å². The van der Waals surface area contributed by atoms with Crippen LogP contribution in [0.3, 0.4) is 0 Å². The Bertz CT molecular complexity index is 1330. The van der Waals surface area contributed by atoms with Crippen molar-refractivity contribution in [2.45, 2.75) is 76.0 Å². The van der Waals surface area contributed by atoms with Gasteiger partial charge >= 0.3 is 0 Å². The lowest BCUT2D eigenvalue weighted by atomic mass is 9.96. The molecule has 13 nitrogen and oxygen atoms in total. The van der Waals surface area contributed by atoms with E-state index in [9.17, 15) is 14.4 Å². The van der Waals surface area contributed by atoms with E-state index < -0.39 is 6.04 Å². The van der Waals surface area contributed by atoms with Crippen LogP contribution in [0.2, 0.25) is 0 Å². The summed E-state index contributed by atoms with van der Waals surface area (Å²) in [4.78, 5) is 45.8. The zero-order valence-electron chi connectivity index (χ0n) is 25.6. The normalized spacial score (nSPS) is 27.5. The minimum absolute atomic E-state index is 0.0523. The molecule has 4 aliphatic rings. The topological polar surface area (TPSA) is 131 Å². The Labute approximate surface area is 257 Å². The van der Waals surface area contributed by atoms with Crippen molar-refractivity contribution in [3.63, 3.8) is 0 Å². The van der Waals surface area contributed by atoms with Crippen molar-refractivity contribution in [2.75, 3.05) is 53.0 Å². The standard InChI is InChI=1S/C31H43N7O6/c1-21(39)35-12-9-23(10-13-35)36-14-15-37-27(19-36)30(40)32-17-29-26(38-18-22(20-42-2)33-34-38)8-7-24(44-29)11-16-43-28-6-4-3-5-25(28)31(37)41/h3-6,18,23-24,26-27,29H,7-17,19-20H2,1-2H3,(H,32,40)/t24-,26+,27-,29+/m0/s1. The lowest BCUT2D eigenvalue weighted by molar-refractivity contribution is -0.132. The number of nitrogens with one attached hydrogen (secondary N) is 1. The highest BCUT2D eigenvalue weighted by Gasteiger charge is 2.41. The summed E-state index contributed by atoms with van der Waals surface area (Å²) in [6.07, 6.45) is 5.48. The Hall–Kier alpha value is -3.55. The van der Waals surface area contributed by atoms with Crippen LogP contribution in [-0.2, 0) is 25.7 Å². The predicted molar refractivity (Wildman–Crippen MR) is 159 cm³/mol. The molecule has 0 spiro atoms. The van der Waals surface area contributed by atoms with Gasteiger partial charge in [0, 0.05) is 65.8 Å². The second-order valence-corrected chi connectivity index (χ2v) is 12.2. The molecule has 3 amide bonds. The summed E-state index contributed by atoms with van der Waals surface area (Å²) in [6, 6.07) is 6.74. The van der Waals surface area contributed by atoms with Crippen molar-refractivity contribution in [3.8, 4) is 5.75 Å². The van der Waals surface area contributed by atoms with Gasteiger partial charge in [-0.25, -0.2) is 4.68 Å². The van der Waals surface area contributed by atoms with E-state index in [1.54, 1.807) is 25.0 Å². The van der Waals surface area contributed by atoms with Crippen LogP contribution in [0.25, 0.3) is 0 Å². The first-order valence-electron chi connectivity index (χ1n) is 15.8. The second kappa shape index (κ2) is 13.6. The summed E-state index contributed by atoms with van der Waals surface area (Å²) >= 11 is 0. The molecule has 3 saturated heterocycles. The Balaban J connectivity index is 1.24. The van der Waals surface area contributed by atoms with Crippen molar-refractivity contribution in [1.82, 2.24) is 35.0 Å². The molecule has 2 bridgehead atoms. The van der Waals surface area contributed by atoms with Gasteiger partial charge in [0.1, 0.15) is 17.5 Å². The number of fused-ring (bicyclic) bond motifs is 4. The molecule has 0 radical (unpaired) electrons. The Kier molecular flexibility index (Phi) is 9.43. The highest BCUT2D eigenvalue weighted by atomic mass is 16.5. The number of piperidine rings is 1. The maximum absolute atomic E-state index is 14.0. The number of nitrogens with zero attached hydrogens (tertiary/aromatic N) is 6. The number of carbonyl (C=O) groups is 3. The minimum atomic E-state index is -0.685. The Morgan fingerprint density at radius 2 is 1.89 bits per heavy atom. The summed E-state index contributed by atoms with van der Waals surface area (Å²) in [7, 11) is 1.62. The molecule has 4 atom stereocenters.